The van der Waals surface area contributed by atoms with E-state index in [9.17, 15) is 14.3 Å². The number of halogens is 1. The van der Waals surface area contributed by atoms with Gasteiger partial charge >= 0.3 is 0 Å². The van der Waals surface area contributed by atoms with Gasteiger partial charge in [0.05, 0.1) is 7.11 Å². The monoisotopic (exact) mass is 386 g/mol. The summed E-state index contributed by atoms with van der Waals surface area (Å²) in [6.07, 6.45) is 2.16. The van der Waals surface area contributed by atoms with Crippen molar-refractivity contribution in [1.29, 1.82) is 0 Å². The molecule has 1 heterocycles. The molecule has 2 N–H and O–H groups in total. The summed E-state index contributed by atoms with van der Waals surface area (Å²) in [7, 11) is 1.55. The van der Waals surface area contributed by atoms with Gasteiger partial charge in [0.2, 0.25) is 0 Å². The van der Waals surface area contributed by atoms with Gasteiger partial charge in [0, 0.05) is 37.4 Å². The molecular formula is C22H27FN2O3. The van der Waals surface area contributed by atoms with E-state index in [0.717, 1.165) is 38.0 Å². The molecular weight excluding hydrogens is 359 g/mol. The van der Waals surface area contributed by atoms with Gasteiger partial charge in [-0.25, -0.2) is 4.39 Å². The first-order chi connectivity index (χ1) is 13.6. The molecule has 1 amide bonds. The number of carbonyl (C=O) groups excluding carboxylic acids is 1. The van der Waals surface area contributed by atoms with E-state index >= 15 is 0 Å². The van der Waals surface area contributed by atoms with Crippen LogP contribution in [0.1, 0.15) is 23.2 Å². The van der Waals surface area contributed by atoms with Crippen LogP contribution >= 0.6 is 0 Å². The van der Waals surface area contributed by atoms with E-state index in [4.69, 9.17) is 4.74 Å². The molecule has 0 aromatic heterocycles. The number of ether oxygens (including phenoxy) is 1. The summed E-state index contributed by atoms with van der Waals surface area (Å²) >= 11 is 0. The normalized spacial score (nSPS) is 17.3. The number of amides is 1. The second kappa shape index (κ2) is 9.66. The van der Waals surface area contributed by atoms with Crippen LogP contribution in [0.4, 0.5) is 4.39 Å². The molecule has 0 bridgehead atoms. The van der Waals surface area contributed by atoms with Crippen molar-refractivity contribution in [1.82, 2.24) is 10.2 Å². The lowest BCUT2D eigenvalue weighted by Gasteiger charge is -2.31. The molecule has 0 saturated carbocycles. The lowest BCUT2D eigenvalue weighted by Crippen LogP contribution is -2.41. The van der Waals surface area contributed by atoms with E-state index in [1.807, 2.05) is 0 Å². The van der Waals surface area contributed by atoms with Crippen molar-refractivity contribution in [2.75, 3.05) is 39.9 Å². The number of piperidine rings is 1. The summed E-state index contributed by atoms with van der Waals surface area (Å²) in [6, 6.07) is 11.4. The molecule has 2 aromatic rings. The highest BCUT2D eigenvalue weighted by Gasteiger charge is 2.18. The van der Waals surface area contributed by atoms with Gasteiger partial charge < -0.3 is 20.1 Å². The molecule has 28 heavy (non-hydrogen) atoms. The number of hydrogen-bond acceptors (Lipinski definition) is 4. The molecule has 0 radical (unpaired) electrons. The smallest absolute Gasteiger partial charge is 0.251 e. The highest BCUT2D eigenvalue weighted by Crippen LogP contribution is 2.30. The molecule has 0 unspecified atom stereocenters. The van der Waals surface area contributed by atoms with Gasteiger partial charge in [0.25, 0.3) is 5.91 Å². The van der Waals surface area contributed by atoms with E-state index in [2.05, 4.69) is 10.2 Å². The van der Waals surface area contributed by atoms with Crippen LogP contribution < -0.4 is 10.1 Å². The highest BCUT2D eigenvalue weighted by molar-refractivity contribution is 5.94. The van der Waals surface area contributed by atoms with E-state index in [0.29, 0.717) is 29.3 Å². The van der Waals surface area contributed by atoms with Crippen molar-refractivity contribution >= 4 is 5.91 Å². The van der Waals surface area contributed by atoms with Crippen LogP contribution in [0.3, 0.4) is 0 Å². The molecule has 6 heteroatoms. The second-order valence-electron chi connectivity index (χ2n) is 7.17. The number of hydrogen-bond donors (Lipinski definition) is 2. The minimum Gasteiger partial charge on any atom is -0.496 e. The number of rotatable bonds is 7. The number of nitrogens with zero attached hydrogens (tertiary/aromatic N) is 1. The third-order valence-electron chi connectivity index (χ3n) is 5.19. The van der Waals surface area contributed by atoms with E-state index in [-0.39, 0.29) is 18.3 Å². The quantitative estimate of drug-likeness (QED) is 0.768. The summed E-state index contributed by atoms with van der Waals surface area (Å²) in [6.45, 7) is 3.47. The van der Waals surface area contributed by atoms with Gasteiger partial charge in [-0.1, -0.05) is 12.1 Å². The molecule has 1 fully saturated rings. The first-order valence-corrected chi connectivity index (χ1v) is 9.66. The second-order valence-corrected chi connectivity index (χ2v) is 7.17. The number of benzene rings is 2. The molecule has 1 saturated heterocycles. The SMILES string of the molecule is COc1ccc(F)cc1-c1ccc(C(=O)NCCN2CCC[C@@H](CO)C2)cc1. The first-order valence-electron chi connectivity index (χ1n) is 9.66. The minimum atomic E-state index is -0.334. The topological polar surface area (TPSA) is 61.8 Å². The fourth-order valence-electron chi connectivity index (χ4n) is 3.64. The highest BCUT2D eigenvalue weighted by atomic mass is 19.1. The zero-order valence-corrected chi connectivity index (χ0v) is 16.2. The maximum Gasteiger partial charge on any atom is 0.251 e. The predicted octanol–water partition coefficient (Wildman–Crippen LogP) is 2.94. The van der Waals surface area contributed by atoms with Crippen molar-refractivity contribution in [2.24, 2.45) is 5.92 Å². The number of aliphatic hydroxyl groups excluding tert-OH is 1. The first kappa shape index (κ1) is 20.3. The van der Waals surface area contributed by atoms with Crippen molar-refractivity contribution < 1.29 is 19.0 Å². The maximum absolute atomic E-state index is 13.6. The molecule has 1 atom stereocenters. The molecule has 0 aliphatic carbocycles. The molecule has 1 aliphatic rings. The number of carbonyl (C=O) groups is 1. The van der Waals surface area contributed by atoms with Crippen LogP contribution in [-0.4, -0.2) is 55.8 Å². The Morgan fingerprint density at radius 1 is 1.29 bits per heavy atom. The number of nitrogens with one attached hydrogen (secondary N) is 1. The van der Waals surface area contributed by atoms with Crippen molar-refractivity contribution in [3.8, 4) is 16.9 Å². The van der Waals surface area contributed by atoms with Crippen LogP contribution in [0, 0.1) is 11.7 Å². The summed E-state index contributed by atoms with van der Waals surface area (Å²) in [5.74, 6) is 0.463. The molecule has 3 rings (SSSR count). The maximum atomic E-state index is 13.6. The van der Waals surface area contributed by atoms with Gasteiger partial charge in [-0.2, -0.15) is 0 Å². The van der Waals surface area contributed by atoms with E-state index in [1.54, 1.807) is 37.4 Å². The molecule has 5 nitrogen and oxygen atoms in total. The molecule has 150 valence electrons. The lowest BCUT2D eigenvalue weighted by molar-refractivity contribution is 0.0930. The van der Waals surface area contributed by atoms with Gasteiger partial charge in [-0.15, -0.1) is 0 Å². The van der Waals surface area contributed by atoms with Crippen LogP contribution in [0.2, 0.25) is 0 Å². The summed E-state index contributed by atoms with van der Waals surface area (Å²) in [5.41, 5.74) is 2.00. The Bertz CT molecular complexity index is 795. The van der Waals surface area contributed by atoms with Crippen molar-refractivity contribution in [2.45, 2.75) is 12.8 Å². The van der Waals surface area contributed by atoms with Crippen molar-refractivity contribution in [3.05, 3.63) is 53.8 Å². The van der Waals surface area contributed by atoms with Crippen LogP contribution in [0.25, 0.3) is 11.1 Å². The number of methoxy groups -OCH3 is 1. The van der Waals surface area contributed by atoms with Gasteiger partial charge in [0.15, 0.2) is 0 Å². The Labute approximate surface area is 165 Å². The Morgan fingerprint density at radius 2 is 2.07 bits per heavy atom. The number of aliphatic hydroxyl groups is 1. The minimum absolute atomic E-state index is 0.131. The summed E-state index contributed by atoms with van der Waals surface area (Å²) in [5, 5.41) is 12.2. The van der Waals surface area contributed by atoms with Crippen molar-refractivity contribution in [3.63, 3.8) is 0 Å². The molecule has 1 aliphatic heterocycles. The van der Waals surface area contributed by atoms with E-state index < -0.39 is 0 Å². The lowest BCUT2D eigenvalue weighted by atomic mass is 9.99. The zero-order chi connectivity index (χ0) is 19.9. The standard InChI is InChI=1S/C22H27FN2O3/c1-28-21-9-8-19(23)13-20(21)17-4-6-18(7-5-17)22(27)24-10-12-25-11-2-3-16(14-25)15-26/h4-9,13,16,26H,2-3,10-12,14-15H2,1H3,(H,24,27)/t16-/m1/s1. The van der Waals surface area contributed by atoms with Crippen LogP contribution in [0.5, 0.6) is 5.75 Å². The van der Waals surface area contributed by atoms with Gasteiger partial charge in [-0.3, -0.25) is 4.79 Å². The predicted molar refractivity (Wildman–Crippen MR) is 107 cm³/mol. The largest absolute Gasteiger partial charge is 0.496 e. The third-order valence-corrected chi connectivity index (χ3v) is 5.19. The Kier molecular flexibility index (Phi) is 7.01. The fraction of sp³-hybridized carbons (Fsp3) is 0.409. The molecule has 2 aromatic carbocycles. The number of likely N-dealkylation sites (tertiary alicyclic amines) is 1. The zero-order valence-electron chi connectivity index (χ0n) is 16.2. The fourth-order valence-corrected chi connectivity index (χ4v) is 3.64. The van der Waals surface area contributed by atoms with Gasteiger partial charge in [-0.05, 0) is 61.2 Å². The van der Waals surface area contributed by atoms with Crippen LogP contribution in [0.15, 0.2) is 42.5 Å². The van der Waals surface area contributed by atoms with Crippen LogP contribution in [-0.2, 0) is 0 Å². The molecule has 0 spiro atoms. The third kappa shape index (κ3) is 5.09. The average molecular weight is 386 g/mol. The summed E-state index contributed by atoms with van der Waals surface area (Å²) in [4.78, 5) is 14.7. The average Bonchev–Trinajstić information content (AvgIpc) is 2.74. The van der Waals surface area contributed by atoms with E-state index in [1.165, 1.54) is 12.1 Å². The summed E-state index contributed by atoms with van der Waals surface area (Å²) < 4.78 is 18.9. The van der Waals surface area contributed by atoms with Gasteiger partial charge in [0.1, 0.15) is 11.6 Å². The Balaban J connectivity index is 1.56. The Hall–Kier alpha value is -2.44. The Morgan fingerprint density at radius 3 is 2.79 bits per heavy atom.